The summed E-state index contributed by atoms with van der Waals surface area (Å²) in [7, 11) is 0. The Labute approximate surface area is 139 Å². The number of nitrogens with zero attached hydrogens (tertiary/aromatic N) is 3. The SMILES string of the molecule is Cc1ccc(CN2CCc3[nH]nc(C(=O)N4CC=CC4)c3C2)s1. The Balaban J connectivity index is 1.51. The summed E-state index contributed by atoms with van der Waals surface area (Å²) in [6.45, 7) is 6.27. The molecule has 0 aromatic carbocycles. The van der Waals surface area contributed by atoms with E-state index in [-0.39, 0.29) is 5.91 Å². The zero-order valence-electron chi connectivity index (χ0n) is 13.2. The molecule has 0 fully saturated rings. The van der Waals surface area contributed by atoms with E-state index in [2.05, 4.69) is 34.2 Å². The summed E-state index contributed by atoms with van der Waals surface area (Å²) >= 11 is 1.85. The van der Waals surface area contributed by atoms with E-state index in [1.54, 1.807) is 0 Å². The lowest BCUT2D eigenvalue weighted by atomic mass is 10.0. The summed E-state index contributed by atoms with van der Waals surface area (Å²) in [6, 6.07) is 4.37. The molecule has 0 aliphatic carbocycles. The van der Waals surface area contributed by atoms with Crippen molar-refractivity contribution in [1.29, 1.82) is 0 Å². The highest BCUT2D eigenvalue weighted by Crippen LogP contribution is 2.25. The summed E-state index contributed by atoms with van der Waals surface area (Å²) in [5.41, 5.74) is 2.82. The van der Waals surface area contributed by atoms with Gasteiger partial charge in [-0.15, -0.1) is 11.3 Å². The Morgan fingerprint density at radius 3 is 2.91 bits per heavy atom. The molecular formula is C17H20N4OS. The number of thiophene rings is 1. The first-order valence-corrected chi connectivity index (χ1v) is 8.80. The van der Waals surface area contributed by atoms with E-state index >= 15 is 0 Å². The van der Waals surface area contributed by atoms with Crippen molar-refractivity contribution in [2.75, 3.05) is 19.6 Å². The summed E-state index contributed by atoms with van der Waals surface area (Å²) in [5.74, 6) is 0.0429. The first kappa shape index (κ1) is 14.7. The third-order valence-corrected chi connectivity index (χ3v) is 5.48. The summed E-state index contributed by atoms with van der Waals surface area (Å²) in [5, 5.41) is 7.40. The van der Waals surface area contributed by atoms with Crippen LogP contribution in [0.25, 0.3) is 0 Å². The summed E-state index contributed by atoms with van der Waals surface area (Å²) in [4.78, 5) is 19.6. The molecule has 5 nitrogen and oxygen atoms in total. The van der Waals surface area contributed by atoms with Gasteiger partial charge in [0.25, 0.3) is 5.91 Å². The fourth-order valence-corrected chi connectivity index (χ4v) is 4.18. The molecule has 4 rings (SSSR count). The summed E-state index contributed by atoms with van der Waals surface area (Å²) in [6.07, 6.45) is 4.99. The minimum atomic E-state index is 0.0429. The van der Waals surface area contributed by atoms with Crippen LogP contribution in [0.2, 0.25) is 0 Å². The number of fused-ring (bicyclic) bond motifs is 1. The molecule has 2 aromatic rings. The van der Waals surface area contributed by atoms with Crippen LogP contribution in [-0.2, 0) is 19.5 Å². The van der Waals surface area contributed by atoms with Crippen LogP contribution < -0.4 is 0 Å². The molecule has 0 saturated carbocycles. The number of carbonyl (C=O) groups is 1. The minimum Gasteiger partial charge on any atom is -0.330 e. The molecule has 2 aliphatic rings. The first-order valence-electron chi connectivity index (χ1n) is 7.99. The van der Waals surface area contributed by atoms with Gasteiger partial charge in [0.1, 0.15) is 0 Å². The Bertz CT molecular complexity index is 752. The van der Waals surface area contributed by atoms with Gasteiger partial charge in [0.05, 0.1) is 0 Å². The number of aryl methyl sites for hydroxylation is 1. The van der Waals surface area contributed by atoms with Crippen molar-refractivity contribution in [1.82, 2.24) is 20.0 Å². The molecule has 0 atom stereocenters. The summed E-state index contributed by atoms with van der Waals surface area (Å²) < 4.78 is 0. The molecular weight excluding hydrogens is 308 g/mol. The molecule has 1 N–H and O–H groups in total. The maximum atomic E-state index is 12.6. The van der Waals surface area contributed by atoms with Gasteiger partial charge in [0, 0.05) is 60.2 Å². The second-order valence-corrected chi connectivity index (χ2v) is 7.56. The van der Waals surface area contributed by atoms with Crippen LogP contribution in [0.1, 0.15) is 31.5 Å². The van der Waals surface area contributed by atoms with Gasteiger partial charge in [-0.3, -0.25) is 14.8 Å². The number of H-pyrrole nitrogens is 1. The molecule has 4 heterocycles. The van der Waals surface area contributed by atoms with Gasteiger partial charge >= 0.3 is 0 Å². The number of aromatic nitrogens is 2. The van der Waals surface area contributed by atoms with Crippen molar-refractivity contribution in [2.24, 2.45) is 0 Å². The highest BCUT2D eigenvalue weighted by atomic mass is 32.1. The van der Waals surface area contributed by atoms with E-state index in [1.807, 2.05) is 28.4 Å². The fourth-order valence-electron chi connectivity index (χ4n) is 3.25. The third kappa shape index (κ3) is 2.84. The standard InChI is InChI=1S/C17H20N4OS/c1-12-4-5-13(23-12)10-20-9-6-15-14(11-20)16(19-18-15)17(22)21-7-2-3-8-21/h2-5H,6-11H2,1H3,(H,18,19). The monoisotopic (exact) mass is 328 g/mol. The van der Waals surface area contributed by atoms with Crippen LogP contribution in [0.3, 0.4) is 0 Å². The van der Waals surface area contributed by atoms with E-state index < -0.39 is 0 Å². The smallest absolute Gasteiger partial charge is 0.275 e. The van der Waals surface area contributed by atoms with E-state index in [4.69, 9.17) is 0 Å². The van der Waals surface area contributed by atoms with E-state index in [9.17, 15) is 4.79 Å². The van der Waals surface area contributed by atoms with Gasteiger partial charge < -0.3 is 4.90 Å². The number of hydrogen-bond acceptors (Lipinski definition) is 4. The van der Waals surface area contributed by atoms with Gasteiger partial charge in [0.15, 0.2) is 5.69 Å². The zero-order chi connectivity index (χ0) is 15.8. The predicted octanol–water partition coefficient (Wildman–Crippen LogP) is 2.35. The fraction of sp³-hybridized carbons (Fsp3) is 0.412. The van der Waals surface area contributed by atoms with Gasteiger partial charge in [-0.1, -0.05) is 12.2 Å². The Hall–Kier alpha value is -1.92. The highest BCUT2D eigenvalue weighted by Gasteiger charge is 2.28. The Kier molecular flexibility index (Phi) is 3.79. The van der Waals surface area contributed by atoms with Crippen molar-refractivity contribution in [3.05, 3.63) is 51.0 Å². The van der Waals surface area contributed by atoms with E-state index in [1.165, 1.54) is 9.75 Å². The largest absolute Gasteiger partial charge is 0.330 e. The lowest BCUT2D eigenvalue weighted by Gasteiger charge is -2.26. The molecule has 0 saturated heterocycles. The van der Waals surface area contributed by atoms with Crippen LogP contribution >= 0.6 is 11.3 Å². The molecule has 0 spiro atoms. The second-order valence-electron chi connectivity index (χ2n) is 6.18. The quantitative estimate of drug-likeness (QED) is 0.880. The molecule has 0 bridgehead atoms. The van der Waals surface area contributed by atoms with Crippen molar-refractivity contribution in [3.8, 4) is 0 Å². The van der Waals surface area contributed by atoms with E-state index in [0.717, 1.165) is 37.3 Å². The molecule has 2 aromatic heterocycles. The number of rotatable bonds is 3. The van der Waals surface area contributed by atoms with Gasteiger partial charge in [-0.25, -0.2) is 0 Å². The number of nitrogens with one attached hydrogen (secondary N) is 1. The topological polar surface area (TPSA) is 52.2 Å². The Morgan fingerprint density at radius 2 is 2.17 bits per heavy atom. The maximum Gasteiger partial charge on any atom is 0.275 e. The first-order chi connectivity index (χ1) is 11.2. The van der Waals surface area contributed by atoms with Crippen LogP contribution in [0.4, 0.5) is 0 Å². The van der Waals surface area contributed by atoms with Crippen molar-refractivity contribution in [2.45, 2.75) is 26.4 Å². The predicted molar refractivity (Wildman–Crippen MR) is 90.5 cm³/mol. The lowest BCUT2D eigenvalue weighted by Crippen LogP contribution is -2.33. The molecule has 0 radical (unpaired) electrons. The highest BCUT2D eigenvalue weighted by molar-refractivity contribution is 7.11. The van der Waals surface area contributed by atoms with Crippen molar-refractivity contribution in [3.63, 3.8) is 0 Å². The second kappa shape index (κ2) is 5.94. The Morgan fingerprint density at radius 1 is 1.35 bits per heavy atom. The molecule has 6 heteroatoms. The molecule has 23 heavy (non-hydrogen) atoms. The van der Waals surface area contributed by atoms with Crippen LogP contribution in [0.15, 0.2) is 24.3 Å². The maximum absolute atomic E-state index is 12.6. The van der Waals surface area contributed by atoms with E-state index in [0.29, 0.717) is 18.8 Å². The molecule has 0 unspecified atom stereocenters. The zero-order valence-corrected chi connectivity index (χ0v) is 14.0. The molecule has 120 valence electrons. The third-order valence-electron chi connectivity index (χ3n) is 4.50. The lowest BCUT2D eigenvalue weighted by molar-refractivity contribution is 0.0791. The van der Waals surface area contributed by atoms with Crippen LogP contribution in [0, 0.1) is 6.92 Å². The number of carbonyl (C=O) groups excluding carboxylic acids is 1. The van der Waals surface area contributed by atoms with Gasteiger partial charge in [-0.05, 0) is 19.1 Å². The minimum absolute atomic E-state index is 0.0429. The van der Waals surface area contributed by atoms with Gasteiger partial charge in [0.2, 0.25) is 0 Å². The number of amides is 1. The van der Waals surface area contributed by atoms with Crippen molar-refractivity contribution < 1.29 is 4.79 Å². The average Bonchev–Trinajstić information content (AvgIpc) is 3.27. The normalized spacial score (nSPS) is 17.7. The van der Waals surface area contributed by atoms with Crippen LogP contribution in [0.5, 0.6) is 0 Å². The number of aromatic amines is 1. The molecule has 2 aliphatic heterocycles. The average molecular weight is 328 g/mol. The van der Waals surface area contributed by atoms with Crippen molar-refractivity contribution >= 4 is 17.2 Å². The van der Waals surface area contributed by atoms with Crippen LogP contribution in [-0.4, -0.2) is 45.5 Å². The van der Waals surface area contributed by atoms with Gasteiger partial charge in [-0.2, -0.15) is 5.10 Å². The molecule has 1 amide bonds. The number of hydrogen-bond donors (Lipinski definition) is 1.